The first kappa shape index (κ1) is 18.8. The molecular weight excluding hydrogens is 240 g/mol. The highest BCUT2D eigenvalue weighted by molar-refractivity contribution is 4.70. The number of hydrogen-bond acceptors (Lipinski definition) is 4. The van der Waals surface area contributed by atoms with Crippen LogP contribution in [0.2, 0.25) is 0 Å². The molecule has 2 fully saturated rings. The molecule has 0 N–H and O–H groups in total. The number of rotatable bonds is 3. The fourth-order valence-corrected chi connectivity index (χ4v) is 2.09. The van der Waals surface area contributed by atoms with Crippen LogP contribution in [-0.4, -0.2) is 69.1 Å². The highest BCUT2D eigenvalue weighted by atomic mass is 16.5. The Balaban J connectivity index is 0.000000741. The molecule has 4 heteroatoms. The van der Waals surface area contributed by atoms with Crippen LogP contribution in [0.15, 0.2) is 0 Å². The molecule has 0 bridgehead atoms. The largest absolute Gasteiger partial charge is 0.379 e. The Kier molecular flexibility index (Phi) is 12.7. The molecule has 2 rings (SSSR count). The Hall–Kier alpha value is -0.160. The number of hydrogen-bond donors (Lipinski definition) is 0. The zero-order valence-electron chi connectivity index (χ0n) is 13.7. The van der Waals surface area contributed by atoms with Gasteiger partial charge in [-0.1, -0.05) is 27.7 Å². The van der Waals surface area contributed by atoms with E-state index in [-0.39, 0.29) is 0 Å². The average molecular weight is 274 g/mol. The lowest BCUT2D eigenvalue weighted by Gasteiger charge is -2.32. The molecule has 0 spiro atoms. The minimum absolute atomic E-state index is 0.476. The van der Waals surface area contributed by atoms with E-state index in [1.165, 1.54) is 25.9 Å². The summed E-state index contributed by atoms with van der Waals surface area (Å²) in [5.74, 6) is 0. The van der Waals surface area contributed by atoms with E-state index in [1.807, 2.05) is 27.7 Å². The molecule has 0 atom stereocenters. The van der Waals surface area contributed by atoms with Crippen LogP contribution in [0.1, 0.15) is 40.5 Å². The van der Waals surface area contributed by atoms with Crippen LogP contribution in [-0.2, 0) is 9.47 Å². The summed E-state index contributed by atoms with van der Waals surface area (Å²) >= 11 is 0. The molecule has 4 nitrogen and oxygen atoms in total. The molecule has 0 aromatic rings. The minimum Gasteiger partial charge on any atom is -0.379 e. The third-order valence-electron chi connectivity index (χ3n) is 3.26. The molecule has 2 aliphatic rings. The van der Waals surface area contributed by atoms with E-state index in [0.717, 1.165) is 33.0 Å². The second-order valence-corrected chi connectivity index (χ2v) is 4.53. The lowest BCUT2D eigenvalue weighted by Crippen LogP contribution is -2.41. The Morgan fingerprint density at radius 2 is 1.47 bits per heavy atom. The maximum atomic E-state index is 5.91. The first-order valence-corrected chi connectivity index (χ1v) is 7.95. The van der Waals surface area contributed by atoms with Gasteiger partial charge in [0, 0.05) is 26.2 Å². The standard InChI is InChI=1S/C11H22N2O2.2C2H6/c1-12-4-2-11(3-5-12)15-10-13-6-8-14-9-7-13;2*1-2/h11H,2-10H2,1H3;2*1-2H3. The Bertz CT molecular complexity index is 177. The van der Waals surface area contributed by atoms with Crippen LogP contribution in [0.3, 0.4) is 0 Å². The van der Waals surface area contributed by atoms with Gasteiger partial charge in [0.25, 0.3) is 0 Å². The van der Waals surface area contributed by atoms with E-state index < -0.39 is 0 Å². The van der Waals surface area contributed by atoms with Crippen molar-refractivity contribution in [3.63, 3.8) is 0 Å². The van der Waals surface area contributed by atoms with Crippen molar-refractivity contribution in [1.29, 1.82) is 0 Å². The van der Waals surface area contributed by atoms with E-state index in [9.17, 15) is 0 Å². The van der Waals surface area contributed by atoms with Gasteiger partial charge in [-0.2, -0.15) is 0 Å². The Morgan fingerprint density at radius 3 is 2.00 bits per heavy atom. The lowest BCUT2D eigenvalue weighted by atomic mass is 10.1. The zero-order valence-corrected chi connectivity index (χ0v) is 13.7. The average Bonchev–Trinajstić information content (AvgIpc) is 2.52. The Morgan fingerprint density at radius 1 is 0.947 bits per heavy atom. The van der Waals surface area contributed by atoms with Crippen LogP contribution in [0.5, 0.6) is 0 Å². The second kappa shape index (κ2) is 12.9. The monoisotopic (exact) mass is 274 g/mol. The van der Waals surface area contributed by atoms with Crippen molar-refractivity contribution < 1.29 is 9.47 Å². The number of morpholine rings is 1. The predicted octanol–water partition coefficient (Wildman–Crippen LogP) is 2.44. The van der Waals surface area contributed by atoms with Gasteiger partial charge < -0.3 is 14.4 Å². The zero-order chi connectivity index (χ0) is 14.5. The molecule has 2 heterocycles. The van der Waals surface area contributed by atoms with Gasteiger partial charge in [0.15, 0.2) is 0 Å². The van der Waals surface area contributed by atoms with Gasteiger partial charge in [-0.15, -0.1) is 0 Å². The van der Waals surface area contributed by atoms with Crippen molar-refractivity contribution in [3.05, 3.63) is 0 Å². The van der Waals surface area contributed by atoms with Crippen LogP contribution < -0.4 is 0 Å². The third-order valence-corrected chi connectivity index (χ3v) is 3.26. The summed E-state index contributed by atoms with van der Waals surface area (Å²) in [6.07, 6.45) is 2.84. The van der Waals surface area contributed by atoms with Crippen molar-refractivity contribution >= 4 is 0 Å². The fourth-order valence-electron chi connectivity index (χ4n) is 2.09. The highest BCUT2D eigenvalue weighted by Crippen LogP contribution is 2.12. The molecule has 2 saturated heterocycles. The molecule has 116 valence electrons. The normalized spacial score (nSPS) is 21.9. The van der Waals surface area contributed by atoms with E-state index >= 15 is 0 Å². The van der Waals surface area contributed by atoms with Crippen LogP contribution in [0, 0.1) is 0 Å². The third kappa shape index (κ3) is 8.58. The highest BCUT2D eigenvalue weighted by Gasteiger charge is 2.18. The molecular formula is C15H34N2O2. The van der Waals surface area contributed by atoms with E-state index in [0.29, 0.717) is 6.10 Å². The van der Waals surface area contributed by atoms with Gasteiger partial charge in [0.2, 0.25) is 0 Å². The van der Waals surface area contributed by atoms with Crippen LogP contribution >= 0.6 is 0 Å². The molecule has 0 saturated carbocycles. The first-order valence-electron chi connectivity index (χ1n) is 7.95. The summed E-state index contributed by atoms with van der Waals surface area (Å²) in [5, 5.41) is 0. The lowest BCUT2D eigenvalue weighted by molar-refractivity contribution is -0.0737. The molecule has 0 unspecified atom stereocenters. The van der Waals surface area contributed by atoms with Gasteiger partial charge in [0.1, 0.15) is 0 Å². The summed E-state index contributed by atoms with van der Waals surface area (Å²) in [6, 6.07) is 0. The van der Waals surface area contributed by atoms with Crippen LogP contribution in [0.4, 0.5) is 0 Å². The second-order valence-electron chi connectivity index (χ2n) is 4.53. The molecule has 2 aliphatic heterocycles. The summed E-state index contributed by atoms with van der Waals surface area (Å²) in [7, 11) is 2.18. The van der Waals surface area contributed by atoms with Crippen molar-refractivity contribution in [2.24, 2.45) is 0 Å². The molecule has 0 aromatic carbocycles. The Labute approximate surface area is 120 Å². The summed E-state index contributed by atoms with van der Waals surface area (Å²) < 4.78 is 11.2. The molecule has 0 amide bonds. The van der Waals surface area contributed by atoms with Crippen molar-refractivity contribution in [1.82, 2.24) is 9.80 Å². The van der Waals surface area contributed by atoms with Gasteiger partial charge in [-0.05, 0) is 19.9 Å². The van der Waals surface area contributed by atoms with E-state index in [1.54, 1.807) is 0 Å². The predicted molar refractivity (Wildman–Crippen MR) is 81.6 cm³/mol. The van der Waals surface area contributed by atoms with Crippen LogP contribution in [0.25, 0.3) is 0 Å². The minimum atomic E-state index is 0.476. The van der Waals surface area contributed by atoms with Crippen molar-refractivity contribution in [3.8, 4) is 0 Å². The SMILES string of the molecule is CC.CC.CN1CCC(OCN2CCOCC2)CC1. The number of piperidine rings is 1. The maximum Gasteiger partial charge on any atom is 0.0995 e. The summed E-state index contributed by atoms with van der Waals surface area (Å²) in [6.45, 7) is 14.9. The molecule has 19 heavy (non-hydrogen) atoms. The van der Waals surface area contributed by atoms with Gasteiger partial charge in [0.05, 0.1) is 26.0 Å². The topological polar surface area (TPSA) is 24.9 Å². The smallest absolute Gasteiger partial charge is 0.0995 e. The quantitative estimate of drug-likeness (QED) is 0.789. The van der Waals surface area contributed by atoms with Gasteiger partial charge in [-0.3, -0.25) is 4.90 Å². The number of ether oxygens (including phenoxy) is 2. The molecule has 0 aliphatic carbocycles. The van der Waals surface area contributed by atoms with Gasteiger partial charge >= 0.3 is 0 Å². The van der Waals surface area contributed by atoms with Crippen molar-refractivity contribution in [2.45, 2.75) is 46.6 Å². The molecule has 0 aromatic heterocycles. The number of likely N-dealkylation sites (tertiary alicyclic amines) is 1. The van der Waals surface area contributed by atoms with E-state index in [2.05, 4.69) is 16.8 Å². The van der Waals surface area contributed by atoms with Gasteiger partial charge in [-0.25, -0.2) is 0 Å². The maximum absolute atomic E-state index is 5.91. The molecule has 0 radical (unpaired) electrons. The van der Waals surface area contributed by atoms with Crippen molar-refractivity contribution in [2.75, 3.05) is 53.2 Å². The summed E-state index contributed by atoms with van der Waals surface area (Å²) in [5.41, 5.74) is 0. The first-order chi connectivity index (χ1) is 9.34. The number of nitrogens with zero attached hydrogens (tertiary/aromatic N) is 2. The van der Waals surface area contributed by atoms with E-state index in [4.69, 9.17) is 9.47 Å². The fraction of sp³-hybridized carbons (Fsp3) is 1.00. The summed E-state index contributed by atoms with van der Waals surface area (Å²) in [4.78, 5) is 4.70.